The summed E-state index contributed by atoms with van der Waals surface area (Å²) < 4.78 is 11.7. The second kappa shape index (κ2) is 4.67. The van der Waals surface area contributed by atoms with Crippen molar-refractivity contribution in [3.63, 3.8) is 0 Å². The molecule has 0 aromatic heterocycles. The molecule has 0 unspecified atom stereocenters. The smallest absolute Gasteiger partial charge is 0.312 e. The van der Waals surface area contributed by atoms with Crippen LogP contribution in [-0.4, -0.2) is 37.2 Å². The highest BCUT2D eigenvalue weighted by atomic mass is 79.9. The minimum atomic E-state index is -0.712. The van der Waals surface area contributed by atoms with E-state index < -0.39 is 17.4 Å². The SMILES string of the molecule is COC(=O)[C@H]1[C@H]2C(=O)N(c3ccccc3Br)C[C@]23C=C[C@H]1O3. The number of benzene rings is 1. The van der Waals surface area contributed by atoms with Crippen molar-refractivity contribution in [3.8, 4) is 0 Å². The fourth-order valence-electron chi connectivity index (χ4n) is 3.78. The number of hydrogen-bond acceptors (Lipinski definition) is 4. The molecule has 1 spiro atoms. The lowest BCUT2D eigenvalue weighted by Crippen LogP contribution is -2.39. The number of hydrogen-bond donors (Lipinski definition) is 0. The van der Waals surface area contributed by atoms with Crippen LogP contribution in [0.25, 0.3) is 0 Å². The summed E-state index contributed by atoms with van der Waals surface area (Å²) in [6.07, 6.45) is 3.44. The number of ether oxygens (including phenoxy) is 2. The monoisotopic (exact) mass is 363 g/mol. The van der Waals surface area contributed by atoms with Gasteiger partial charge in [0.2, 0.25) is 5.91 Å². The zero-order chi connectivity index (χ0) is 15.5. The number of para-hydroxylation sites is 1. The Morgan fingerprint density at radius 3 is 2.95 bits per heavy atom. The minimum Gasteiger partial charge on any atom is -0.469 e. The van der Waals surface area contributed by atoms with E-state index >= 15 is 0 Å². The zero-order valence-corrected chi connectivity index (χ0v) is 13.4. The molecule has 22 heavy (non-hydrogen) atoms. The third-order valence-electron chi connectivity index (χ3n) is 4.72. The second-order valence-corrected chi connectivity index (χ2v) is 6.65. The van der Waals surface area contributed by atoms with Gasteiger partial charge in [0.15, 0.2) is 0 Å². The molecule has 0 N–H and O–H groups in total. The van der Waals surface area contributed by atoms with Gasteiger partial charge >= 0.3 is 5.97 Å². The van der Waals surface area contributed by atoms with E-state index in [1.807, 2.05) is 36.4 Å². The van der Waals surface area contributed by atoms with Gasteiger partial charge in [0.05, 0.1) is 31.4 Å². The Morgan fingerprint density at radius 1 is 1.45 bits per heavy atom. The Bertz CT molecular complexity index is 703. The summed E-state index contributed by atoms with van der Waals surface area (Å²) in [6, 6.07) is 7.54. The highest BCUT2D eigenvalue weighted by molar-refractivity contribution is 9.10. The summed E-state index contributed by atoms with van der Waals surface area (Å²) in [5.74, 6) is -1.55. The average molecular weight is 364 g/mol. The first-order valence-corrected chi connectivity index (χ1v) is 7.87. The van der Waals surface area contributed by atoms with Gasteiger partial charge in [-0.3, -0.25) is 9.59 Å². The number of anilines is 1. The Labute approximate surface area is 136 Å². The topological polar surface area (TPSA) is 55.8 Å². The van der Waals surface area contributed by atoms with Crippen molar-refractivity contribution in [2.24, 2.45) is 11.8 Å². The standard InChI is InChI=1S/C16H14BrNO4/c1-21-15(20)12-11-6-7-16(22-11)8-18(14(19)13(12)16)10-5-3-2-4-9(10)17/h2-7,11-13H,8H2,1H3/t11-,12-,13+,16-/m1/s1. The molecule has 3 aliphatic heterocycles. The molecule has 3 aliphatic rings. The molecule has 0 aliphatic carbocycles. The first-order chi connectivity index (χ1) is 10.6. The summed E-state index contributed by atoms with van der Waals surface area (Å²) in [4.78, 5) is 26.7. The Kier molecular flexibility index (Phi) is 2.96. The fraction of sp³-hybridized carbons (Fsp3) is 0.375. The average Bonchev–Trinajstić information content (AvgIpc) is 3.15. The van der Waals surface area contributed by atoms with Crippen molar-refractivity contribution >= 4 is 33.5 Å². The first-order valence-electron chi connectivity index (χ1n) is 7.08. The molecule has 114 valence electrons. The van der Waals surface area contributed by atoms with E-state index in [0.29, 0.717) is 6.54 Å². The second-order valence-electron chi connectivity index (χ2n) is 5.80. The summed E-state index contributed by atoms with van der Waals surface area (Å²) in [7, 11) is 1.34. The van der Waals surface area contributed by atoms with Crippen LogP contribution in [0.3, 0.4) is 0 Å². The van der Waals surface area contributed by atoms with Crippen LogP contribution in [0.5, 0.6) is 0 Å². The van der Waals surface area contributed by atoms with Gasteiger partial charge in [-0.15, -0.1) is 0 Å². The van der Waals surface area contributed by atoms with E-state index in [2.05, 4.69) is 15.9 Å². The van der Waals surface area contributed by atoms with Crippen LogP contribution < -0.4 is 4.90 Å². The molecule has 0 saturated carbocycles. The van der Waals surface area contributed by atoms with E-state index in [-0.39, 0.29) is 18.0 Å². The number of carbonyl (C=O) groups excluding carboxylic acids is 2. The Hall–Kier alpha value is -1.66. The molecule has 3 heterocycles. The molecular weight excluding hydrogens is 350 g/mol. The highest BCUT2D eigenvalue weighted by Gasteiger charge is 2.67. The summed E-state index contributed by atoms with van der Waals surface area (Å²) >= 11 is 3.48. The Balaban J connectivity index is 1.75. The number of amides is 1. The van der Waals surface area contributed by atoms with Crippen molar-refractivity contribution in [3.05, 3.63) is 40.9 Å². The summed E-state index contributed by atoms with van der Waals surface area (Å²) in [5, 5.41) is 0. The van der Waals surface area contributed by atoms with E-state index in [1.165, 1.54) is 7.11 Å². The molecule has 1 aromatic carbocycles. The van der Waals surface area contributed by atoms with Gasteiger partial charge in [-0.05, 0) is 28.1 Å². The number of methoxy groups -OCH3 is 1. The van der Waals surface area contributed by atoms with Crippen LogP contribution in [0.15, 0.2) is 40.9 Å². The molecule has 4 rings (SSSR count). The molecule has 2 fully saturated rings. The van der Waals surface area contributed by atoms with Crippen molar-refractivity contribution in [1.29, 1.82) is 0 Å². The van der Waals surface area contributed by atoms with Crippen molar-refractivity contribution in [2.45, 2.75) is 11.7 Å². The third-order valence-corrected chi connectivity index (χ3v) is 5.39. The quantitative estimate of drug-likeness (QED) is 0.594. The van der Waals surface area contributed by atoms with Crippen LogP contribution in [0.4, 0.5) is 5.69 Å². The third kappa shape index (κ3) is 1.68. The van der Waals surface area contributed by atoms with Crippen molar-refractivity contribution in [2.75, 3.05) is 18.6 Å². The molecule has 1 amide bonds. The largest absolute Gasteiger partial charge is 0.469 e. The van der Waals surface area contributed by atoms with E-state index in [1.54, 1.807) is 4.90 Å². The summed E-state index contributed by atoms with van der Waals surface area (Å²) in [6.45, 7) is 0.416. The first kappa shape index (κ1) is 14.0. The van der Waals surface area contributed by atoms with Crippen molar-refractivity contribution in [1.82, 2.24) is 0 Å². The Morgan fingerprint density at radius 2 is 2.23 bits per heavy atom. The predicted octanol–water partition coefficient (Wildman–Crippen LogP) is 1.91. The van der Waals surface area contributed by atoms with E-state index in [0.717, 1.165) is 10.2 Å². The maximum Gasteiger partial charge on any atom is 0.312 e. The van der Waals surface area contributed by atoms with Crippen LogP contribution in [0, 0.1) is 11.8 Å². The molecule has 4 atom stereocenters. The number of halogens is 1. The predicted molar refractivity (Wildman–Crippen MR) is 82.2 cm³/mol. The fourth-order valence-corrected chi connectivity index (χ4v) is 4.28. The molecule has 2 saturated heterocycles. The van der Waals surface area contributed by atoms with Crippen molar-refractivity contribution < 1.29 is 19.1 Å². The number of fused-ring (bicyclic) bond motifs is 1. The number of carbonyl (C=O) groups is 2. The highest BCUT2D eigenvalue weighted by Crippen LogP contribution is 2.53. The van der Waals surface area contributed by atoms with Gasteiger partial charge in [0.1, 0.15) is 11.5 Å². The lowest BCUT2D eigenvalue weighted by atomic mass is 9.77. The minimum absolute atomic E-state index is 0.0887. The molecule has 5 nitrogen and oxygen atoms in total. The lowest BCUT2D eigenvalue weighted by molar-refractivity contribution is -0.149. The van der Waals surface area contributed by atoms with E-state index in [9.17, 15) is 9.59 Å². The van der Waals surface area contributed by atoms with Gasteiger partial charge in [0.25, 0.3) is 0 Å². The molecule has 6 heteroatoms. The van der Waals surface area contributed by atoms with Gasteiger partial charge in [-0.25, -0.2) is 0 Å². The van der Waals surface area contributed by atoms with Gasteiger partial charge < -0.3 is 14.4 Å². The van der Waals surface area contributed by atoms with Crippen LogP contribution >= 0.6 is 15.9 Å². The normalized spacial score (nSPS) is 35.1. The summed E-state index contributed by atoms with van der Waals surface area (Å²) in [5.41, 5.74) is 0.0796. The van der Waals surface area contributed by atoms with E-state index in [4.69, 9.17) is 9.47 Å². The van der Waals surface area contributed by atoms with Crippen LogP contribution in [0.1, 0.15) is 0 Å². The number of esters is 1. The molecule has 2 bridgehead atoms. The lowest BCUT2D eigenvalue weighted by Gasteiger charge is -2.22. The maximum absolute atomic E-state index is 12.9. The number of rotatable bonds is 2. The van der Waals surface area contributed by atoms with Gasteiger partial charge in [-0.1, -0.05) is 24.3 Å². The molecule has 0 radical (unpaired) electrons. The van der Waals surface area contributed by atoms with Gasteiger partial charge in [-0.2, -0.15) is 0 Å². The van der Waals surface area contributed by atoms with Crippen LogP contribution in [0.2, 0.25) is 0 Å². The maximum atomic E-state index is 12.9. The molecule has 1 aromatic rings. The van der Waals surface area contributed by atoms with Gasteiger partial charge in [0, 0.05) is 4.47 Å². The van der Waals surface area contributed by atoms with Crippen LogP contribution in [-0.2, 0) is 19.1 Å². The number of nitrogens with zero attached hydrogens (tertiary/aromatic N) is 1. The molecular formula is C16H14BrNO4. The zero-order valence-electron chi connectivity index (χ0n) is 11.9.